The number of aromatic amines is 1. The Morgan fingerprint density at radius 3 is 2.83 bits per heavy atom. The number of hydrogen-bond acceptors (Lipinski definition) is 8. The van der Waals surface area contributed by atoms with Crippen molar-refractivity contribution in [3.05, 3.63) is 93.3 Å². The maximum absolute atomic E-state index is 12.8. The van der Waals surface area contributed by atoms with E-state index in [4.69, 9.17) is 25.4 Å². The molecule has 0 bridgehead atoms. The number of ether oxygens (including phenoxy) is 3. The van der Waals surface area contributed by atoms with Crippen LogP contribution in [0.4, 0.5) is 0 Å². The van der Waals surface area contributed by atoms with Crippen molar-refractivity contribution < 1.29 is 14.2 Å². The number of aromatic nitrogens is 5. The first-order valence-electron chi connectivity index (χ1n) is 10.9. The molecule has 2 aromatic heterocycles. The lowest BCUT2D eigenvalue weighted by atomic mass is 9.89. The Labute approximate surface area is 200 Å². The molecule has 0 amide bonds. The molecule has 0 spiro atoms. The van der Waals surface area contributed by atoms with Crippen LogP contribution in [-0.2, 0) is 17.8 Å². The van der Waals surface area contributed by atoms with Crippen LogP contribution in [0.25, 0.3) is 5.82 Å². The standard InChI is InChI=1S/C24H23N7O4/c1-33-19-11-16(10-17-12-34-13-35-21(17)19)18(9-14-4-6-15(7-5-14)22(25)26)23-28-24(32)31(30-23)20-3-2-8-27-29-20/h2-8,10-11,18H,9,12-13H2,1H3,(H3,25,26)(H,28,30,32). The zero-order valence-corrected chi connectivity index (χ0v) is 18.9. The van der Waals surface area contributed by atoms with Crippen LogP contribution in [-0.4, -0.2) is 44.7 Å². The van der Waals surface area contributed by atoms with E-state index in [9.17, 15) is 4.79 Å². The van der Waals surface area contributed by atoms with E-state index < -0.39 is 5.69 Å². The van der Waals surface area contributed by atoms with Gasteiger partial charge >= 0.3 is 5.69 Å². The highest BCUT2D eigenvalue weighted by Crippen LogP contribution is 2.39. The summed E-state index contributed by atoms with van der Waals surface area (Å²) in [6.45, 7) is 0.536. The molecule has 11 heteroatoms. The summed E-state index contributed by atoms with van der Waals surface area (Å²) < 4.78 is 17.9. The molecule has 1 unspecified atom stereocenters. The number of benzene rings is 2. The molecule has 4 N–H and O–H groups in total. The number of H-pyrrole nitrogens is 1. The van der Waals surface area contributed by atoms with Crippen molar-refractivity contribution in [2.24, 2.45) is 5.73 Å². The van der Waals surface area contributed by atoms with Crippen LogP contribution in [0.2, 0.25) is 0 Å². The van der Waals surface area contributed by atoms with Gasteiger partial charge in [0.25, 0.3) is 0 Å². The van der Waals surface area contributed by atoms with Crippen molar-refractivity contribution in [2.75, 3.05) is 13.9 Å². The van der Waals surface area contributed by atoms with Crippen LogP contribution in [0, 0.1) is 5.41 Å². The van der Waals surface area contributed by atoms with E-state index >= 15 is 0 Å². The molecule has 178 valence electrons. The summed E-state index contributed by atoms with van der Waals surface area (Å²) in [7, 11) is 1.58. The van der Waals surface area contributed by atoms with E-state index in [0.717, 1.165) is 16.7 Å². The van der Waals surface area contributed by atoms with Gasteiger partial charge in [-0.15, -0.1) is 10.2 Å². The number of fused-ring (bicyclic) bond motifs is 1. The molecular weight excluding hydrogens is 450 g/mol. The number of nitrogen functional groups attached to an aromatic ring is 1. The zero-order valence-electron chi connectivity index (χ0n) is 18.9. The van der Waals surface area contributed by atoms with Gasteiger partial charge in [-0.25, -0.2) is 4.79 Å². The van der Waals surface area contributed by atoms with Gasteiger partial charge in [-0.3, -0.25) is 10.4 Å². The lowest BCUT2D eigenvalue weighted by Crippen LogP contribution is -2.17. The van der Waals surface area contributed by atoms with Crippen molar-refractivity contribution in [1.82, 2.24) is 25.0 Å². The minimum Gasteiger partial charge on any atom is -0.493 e. The molecule has 1 aliphatic rings. The van der Waals surface area contributed by atoms with Gasteiger partial charge in [0.1, 0.15) is 11.7 Å². The first-order valence-corrected chi connectivity index (χ1v) is 10.9. The smallest absolute Gasteiger partial charge is 0.349 e. The highest BCUT2D eigenvalue weighted by atomic mass is 16.7. The summed E-state index contributed by atoms with van der Waals surface area (Å²) in [6, 6.07) is 14.6. The molecule has 5 rings (SSSR count). The first kappa shape index (κ1) is 22.3. The molecular formula is C24H23N7O4. The highest BCUT2D eigenvalue weighted by molar-refractivity contribution is 5.94. The summed E-state index contributed by atoms with van der Waals surface area (Å²) >= 11 is 0. The van der Waals surface area contributed by atoms with Crippen molar-refractivity contribution in [1.29, 1.82) is 5.41 Å². The van der Waals surface area contributed by atoms with Crippen LogP contribution in [0.1, 0.15) is 34.0 Å². The Bertz CT molecular complexity index is 1400. The highest BCUT2D eigenvalue weighted by Gasteiger charge is 2.25. The lowest BCUT2D eigenvalue weighted by Gasteiger charge is -2.23. The van der Waals surface area contributed by atoms with Crippen LogP contribution in [0.5, 0.6) is 11.5 Å². The second-order valence-electron chi connectivity index (χ2n) is 8.00. The van der Waals surface area contributed by atoms with E-state index in [1.54, 1.807) is 31.4 Å². The largest absolute Gasteiger partial charge is 0.493 e. The van der Waals surface area contributed by atoms with Gasteiger partial charge in [0, 0.05) is 23.2 Å². The second-order valence-corrected chi connectivity index (χ2v) is 8.00. The molecule has 35 heavy (non-hydrogen) atoms. The van der Waals surface area contributed by atoms with E-state index in [-0.39, 0.29) is 18.5 Å². The average Bonchev–Trinajstić information content (AvgIpc) is 3.28. The number of nitrogens with two attached hydrogens (primary N) is 1. The molecule has 11 nitrogen and oxygen atoms in total. The first-order chi connectivity index (χ1) is 17.0. The Hall–Kier alpha value is -4.51. The lowest BCUT2D eigenvalue weighted by molar-refractivity contribution is -0.0180. The number of nitrogens with one attached hydrogen (secondary N) is 2. The van der Waals surface area contributed by atoms with Gasteiger partial charge < -0.3 is 19.9 Å². The van der Waals surface area contributed by atoms with Gasteiger partial charge in [-0.2, -0.15) is 9.78 Å². The molecule has 4 aromatic rings. The fraction of sp³-hybridized carbons (Fsp3) is 0.208. The second kappa shape index (κ2) is 9.39. The normalized spacial score (nSPS) is 13.5. The van der Waals surface area contributed by atoms with Gasteiger partial charge in [-0.1, -0.05) is 24.3 Å². The summed E-state index contributed by atoms with van der Waals surface area (Å²) in [5.74, 6) is 1.65. The van der Waals surface area contributed by atoms with Crippen LogP contribution in [0.15, 0.2) is 59.5 Å². The molecule has 0 saturated heterocycles. The average molecular weight is 473 g/mol. The number of nitrogens with zero attached hydrogens (tertiary/aromatic N) is 4. The predicted molar refractivity (Wildman–Crippen MR) is 126 cm³/mol. The Morgan fingerprint density at radius 1 is 1.29 bits per heavy atom. The Balaban J connectivity index is 1.60. The molecule has 0 aliphatic carbocycles. The number of rotatable bonds is 7. The van der Waals surface area contributed by atoms with Gasteiger partial charge in [-0.05, 0) is 41.8 Å². The zero-order chi connectivity index (χ0) is 24.4. The van der Waals surface area contributed by atoms with Gasteiger partial charge in [0.2, 0.25) is 0 Å². The number of hydrogen-bond donors (Lipinski definition) is 3. The third-order valence-electron chi connectivity index (χ3n) is 5.77. The molecule has 0 fully saturated rings. The van der Waals surface area contributed by atoms with E-state index in [0.29, 0.717) is 41.7 Å². The molecule has 0 radical (unpaired) electrons. The van der Waals surface area contributed by atoms with E-state index in [2.05, 4.69) is 20.3 Å². The third-order valence-corrected chi connectivity index (χ3v) is 5.77. The van der Waals surface area contributed by atoms with Crippen molar-refractivity contribution in [3.8, 4) is 17.3 Å². The van der Waals surface area contributed by atoms with Crippen LogP contribution < -0.4 is 20.9 Å². The van der Waals surface area contributed by atoms with Crippen LogP contribution >= 0.6 is 0 Å². The molecule has 0 saturated carbocycles. The Morgan fingerprint density at radius 2 is 2.11 bits per heavy atom. The van der Waals surface area contributed by atoms with Crippen molar-refractivity contribution >= 4 is 5.84 Å². The summed E-state index contributed by atoms with van der Waals surface area (Å²) in [5.41, 5.74) is 8.50. The summed E-state index contributed by atoms with van der Waals surface area (Å²) in [5, 5.41) is 20.0. The van der Waals surface area contributed by atoms with Gasteiger partial charge in [0.05, 0.1) is 13.7 Å². The van der Waals surface area contributed by atoms with Crippen molar-refractivity contribution in [3.63, 3.8) is 0 Å². The Kier molecular flexibility index (Phi) is 5.98. The molecule has 3 heterocycles. The van der Waals surface area contributed by atoms with E-state index in [1.807, 2.05) is 24.3 Å². The predicted octanol–water partition coefficient (Wildman–Crippen LogP) is 1.88. The minimum atomic E-state index is -0.422. The maximum Gasteiger partial charge on any atom is 0.349 e. The topological polar surface area (TPSA) is 154 Å². The van der Waals surface area contributed by atoms with E-state index in [1.165, 1.54) is 10.9 Å². The monoisotopic (exact) mass is 473 g/mol. The molecule has 1 aliphatic heterocycles. The maximum atomic E-state index is 12.8. The molecule has 1 atom stereocenters. The third kappa shape index (κ3) is 4.49. The minimum absolute atomic E-state index is 0.000401. The SMILES string of the molecule is COc1cc(C(Cc2ccc(C(=N)N)cc2)c2nn(-c3cccnn3)c(=O)[nH]2)cc2c1OCOC2. The molecule has 2 aromatic carbocycles. The number of methoxy groups -OCH3 is 1. The van der Waals surface area contributed by atoms with Gasteiger partial charge in [0.15, 0.2) is 24.1 Å². The van der Waals surface area contributed by atoms with Crippen LogP contribution in [0.3, 0.4) is 0 Å². The fourth-order valence-electron chi connectivity index (χ4n) is 4.05. The van der Waals surface area contributed by atoms with Crippen molar-refractivity contribution in [2.45, 2.75) is 18.9 Å². The summed E-state index contributed by atoms with van der Waals surface area (Å²) in [4.78, 5) is 15.7. The number of amidine groups is 1. The fourth-order valence-corrected chi connectivity index (χ4v) is 4.05. The quantitative estimate of drug-likeness (QED) is 0.272. The summed E-state index contributed by atoms with van der Waals surface area (Å²) in [6.07, 6.45) is 2.04.